The molecule has 0 atom stereocenters. The van der Waals surface area contributed by atoms with Crippen LogP contribution in [0.25, 0.3) is 43.8 Å². The maximum Gasteiger partial charge on any atom is 0.411 e. The number of rotatable bonds is 16. The lowest BCUT2D eigenvalue weighted by molar-refractivity contribution is -0.288. The molecule has 0 fully saturated rings. The Balaban J connectivity index is 0.942. The van der Waals surface area contributed by atoms with Gasteiger partial charge >= 0.3 is 12.4 Å². The van der Waals surface area contributed by atoms with Crippen LogP contribution in [0.4, 0.5) is 96.6 Å². The molecule has 0 saturated heterocycles. The van der Waals surface area contributed by atoms with Gasteiger partial charge in [-0.2, -0.15) is 95.1 Å². The van der Waals surface area contributed by atoms with Crippen LogP contribution in [0.15, 0.2) is 129 Å². The molecule has 0 bridgehead atoms. The first-order valence-corrected chi connectivity index (χ1v) is 31.9. The van der Waals surface area contributed by atoms with Gasteiger partial charge in [-0.3, -0.25) is 18.2 Å². The van der Waals surface area contributed by atoms with Crippen LogP contribution in [0.3, 0.4) is 0 Å². The minimum absolute atomic E-state index is 0.0123. The molecule has 532 valence electrons. The number of halogens is 22. The van der Waals surface area contributed by atoms with Crippen molar-refractivity contribution in [3.63, 3.8) is 0 Å². The van der Waals surface area contributed by atoms with Crippen LogP contribution >= 0.6 is 0 Å². The molecule has 0 aliphatic carbocycles. The molecule has 42 heteroatoms. The highest BCUT2D eigenvalue weighted by Crippen LogP contribution is 2.57. The van der Waals surface area contributed by atoms with Gasteiger partial charge in [0.1, 0.15) is 23.0 Å². The van der Waals surface area contributed by atoms with Crippen molar-refractivity contribution in [3.05, 3.63) is 213 Å². The molecule has 0 spiro atoms. The summed E-state index contributed by atoms with van der Waals surface area (Å²) in [7, 11) is -21.0. The van der Waals surface area contributed by atoms with Crippen molar-refractivity contribution in [2.45, 2.75) is 37.3 Å². The highest BCUT2D eigenvalue weighted by atomic mass is 32.2. The van der Waals surface area contributed by atoms with Crippen molar-refractivity contribution in [3.8, 4) is 68.2 Å². The summed E-state index contributed by atoms with van der Waals surface area (Å²) in [4.78, 5) is -4.49. The van der Waals surface area contributed by atoms with Gasteiger partial charge in [0.05, 0.1) is 41.8 Å². The summed E-state index contributed by atoms with van der Waals surface area (Å²) in [5, 5.41) is -2.51. The minimum atomic E-state index is -6.61. The smallest absolute Gasteiger partial charge is 0.411 e. The topological polar surface area (TPSA) is 254 Å². The standard InChI is InChI=1S/C59H22F22O16S4/c60-37-33(35-41(64)49(72)55(50(73)42(35)65)96-31-17-27(100(88,89)90)15-19-13-25(98(82,83)84)9-11-29(19)31)38(61)46(69)53(45(37)68)94-23-5-1-21(2-6-23)57(58(76,77)78,59(79,80)81)22-3-7-24(8-4-22)95-54-47(70)39(62)34(40(63)48(54)71)36-43(66)51(74)56(52(75)44(36)67)97-32-18-28(101(91,92)93)16-20-14-26(99(85,86)87)10-12-30(20)32/h1-18H,(H,82,83,84)(H,85,86,87)(H,88,89,90)(H,91,92,93). The zero-order chi connectivity index (χ0) is 75.0. The van der Waals surface area contributed by atoms with Gasteiger partial charge in [-0.15, -0.1) is 0 Å². The van der Waals surface area contributed by atoms with Crippen LogP contribution < -0.4 is 18.9 Å². The van der Waals surface area contributed by atoms with Crippen LogP contribution in [0, 0.1) is 93.1 Å². The number of alkyl halides is 6. The molecule has 0 unspecified atom stereocenters. The maximum atomic E-state index is 15.8. The molecular weight excluding hydrogens is 1510 g/mol. The fraction of sp³-hybridized carbons (Fsp3) is 0.0508. The maximum absolute atomic E-state index is 15.8. The SMILES string of the molecule is O=S(=O)(O)c1ccc2c(Oc3c(F)c(F)c(-c4c(F)c(F)c(Oc5ccc(C(c6ccc(Oc7c(F)c(F)c(-c8c(F)c(F)c(Oc9cc(S(=O)(=O)O)cc%10cc(S(=O)(=O)O)ccc9%10)c(F)c8F)c(F)c7F)cc6)(C(F)(F)F)C(F)(F)F)cc5)c(F)c4F)c(F)c3F)cc(S(=O)(=O)O)cc2c1. The summed E-state index contributed by atoms with van der Waals surface area (Å²) in [6.07, 6.45) is -13.2. The Hall–Kier alpha value is -9.98. The Morgan fingerprint density at radius 3 is 0.703 bits per heavy atom. The van der Waals surface area contributed by atoms with E-state index in [4.69, 9.17) is 9.47 Å². The van der Waals surface area contributed by atoms with Crippen LogP contribution in [0.1, 0.15) is 11.1 Å². The van der Waals surface area contributed by atoms with Crippen LogP contribution in [0.2, 0.25) is 0 Å². The second-order valence-electron chi connectivity index (χ2n) is 20.6. The van der Waals surface area contributed by atoms with E-state index in [-0.39, 0.29) is 60.7 Å². The Bertz CT molecular complexity index is 5230. The monoisotopic (exact) mass is 1530 g/mol. The van der Waals surface area contributed by atoms with E-state index in [0.29, 0.717) is 48.5 Å². The van der Waals surface area contributed by atoms with Gasteiger partial charge < -0.3 is 18.9 Å². The van der Waals surface area contributed by atoms with Crippen LogP contribution in [-0.2, 0) is 45.9 Å². The Kier molecular flexibility index (Phi) is 18.4. The highest BCUT2D eigenvalue weighted by Gasteiger charge is 2.72. The van der Waals surface area contributed by atoms with Gasteiger partial charge in [0.2, 0.25) is 75.0 Å². The summed E-state index contributed by atoms with van der Waals surface area (Å²) in [6.45, 7) is 0. The van der Waals surface area contributed by atoms with E-state index in [9.17, 15) is 51.9 Å². The first kappa shape index (κ1) is 73.7. The number of ether oxygens (including phenoxy) is 4. The van der Waals surface area contributed by atoms with E-state index in [1.165, 1.54) is 0 Å². The molecule has 0 heterocycles. The molecule has 10 aromatic rings. The second kappa shape index (κ2) is 25.3. The second-order valence-corrected chi connectivity index (χ2v) is 26.2. The van der Waals surface area contributed by atoms with Gasteiger partial charge in [0.25, 0.3) is 40.5 Å². The highest BCUT2D eigenvalue weighted by molar-refractivity contribution is 7.86. The summed E-state index contributed by atoms with van der Waals surface area (Å²) < 4.78 is 494. The molecule has 101 heavy (non-hydrogen) atoms. The van der Waals surface area contributed by atoms with Gasteiger partial charge in [0, 0.05) is 22.9 Å². The lowest BCUT2D eigenvalue weighted by atomic mass is 9.73. The average molecular weight is 1530 g/mol. The fourth-order valence-corrected chi connectivity index (χ4v) is 12.1. The molecular formula is C59H22F22O16S4. The van der Waals surface area contributed by atoms with Gasteiger partial charge in [0.15, 0.2) is 46.5 Å². The van der Waals surface area contributed by atoms with Gasteiger partial charge in [-0.25, -0.2) is 35.1 Å². The van der Waals surface area contributed by atoms with Crippen molar-refractivity contribution in [2.75, 3.05) is 0 Å². The number of hydrogen-bond acceptors (Lipinski definition) is 12. The summed E-state index contributed by atoms with van der Waals surface area (Å²) in [5.41, 5.74) is -19.7. The van der Waals surface area contributed by atoms with E-state index in [2.05, 4.69) is 9.47 Å². The van der Waals surface area contributed by atoms with Crippen LogP contribution in [-0.4, -0.2) is 64.2 Å². The molecule has 4 N–H and O–H groups in total. The van der Waals surface area contributed by atoms with Crippen molar-refractivity contribution in [1.82, 2.24) is 0 Å². The van der Waals surface area contributed by atoms with E-state index < -0.39 is 272 Å². The summed E-state index contributed by atoms with van der Waals surface area (Å²) in [6, 6.07) is 4.35. The molecule has 10 rings (SSSR count). The number of benzene rings is 10. The molecule has 0 aliphatic rings. The third kappa shape index (κ3) is 12.7. The van der Waals surface area contributed by atoms with E-state index in [1.54, 1.807) is 0 Å². The zero-order valence-corrected chi connectivity index (χ0v) is 50.8. The van der Waals surface area contributed by atoms with E-state index in [1.807, 2.05) is 0 Å². The van der Waals surface area contributed by atoms with Crippen molar-refractivity contribution in [1.29, 1.82) is 0 Å². The van der Waals surface area contributed by atoms with E-state index in [0.717, 1.165) is 0 Å². The van der Waals surface area contributed by atoms with Gasteiger partial charge in [-0.1, -0.05) is 24.3 Å². The first-order chi connectivity index (χ1) is 46.5. The van der Waals surface area contributed by atoms with Crippen molar-refractivity contribution >= 4 is 62.0 Å². The number of fused-ring (bicyclic) bond motifs is 2. The van der Waals surface area contributed by atoms with Crippen molar-refractivity contribution in [2.24, 2.45) is 0 Å². The first-order valence-electron chi connectivity index (χ1n) is 26.1. The Labute approximate surface area is 546 Å². The third-order valence-electron chi connectivity index (χ3n) is 14.6. The lowest BCUT2D eigenvalue weighted by Crippen LogP contribution is -2.54. The van der Waals surface area contributed by atoms with Crippen LogP contribution in [0.5, 0.6) is 46.0 Å². The lowest BCUT2D eigenvalue weighted by Gasteiger charge is -2.38. The Morgan fingerprint density at radius 2 is 0.485 bits per heavy atom. The molecule has 16 nitrogen and oxygen atoms in total. The Morgan fingerprint density at radius 1 is 0.267 bits per heavy atom. The largest absolute Gasteiger partial charge is 0.451 e. The minimum Gasteiger partial charge on any atom is -0.451 e. The van der Waals surface area contributed by atoms with Gasteiger partial charge in [-0.05, 0) is 94.7 Å². The zero-order valence-electron chi connectivity index (χ0n) is 47.5. The molecule has 0 radical (unpaired) electrons. The quantitative estimate of drug-likeness (QED) is 0.0398. The predicted octanol–water partition coefficient (Wildman–Crippen LogP) is 17.1. The molecule has 10 aromatic carbocycles. The third-order valence-corrected chi connectivity index (χ3v) is 18.0. The van der Waals surface area contributed by atoms with Crippen molar-refractivity contribution < 1.29 is 167 Å². The van der Waals surface area contributed by atoms with E-state index >= 15 is 96.6 Å². The summed E-state index contributed by atoms with van der Waals surface area (Å²) in [5.74, 6) is -61.1. The molecule has 0 saturated carbocycles. The normalized spacial score (nSPS) is 12.8. The predicted molar refractivity (Wildman–Crippen MR) is 296 cm³/mol. The summed E-state index contributed by atoms with van der Waals surface area (Å²) >= 11 is 0. The fourth-order valence-electron chi connectivity index (χ4n) is 10.0. The number of hydrogen-bond donors (Lipinski definition) is 4. The molecule has 0 aliphatic heterocycles. The molecule has 0 amide bonds. The molecule has 0 aromatic heterocycles. The average Bonchev–Trinajstić information content (AvgIpc) is 0.722.